The van der Waals surface area contributed by atoms with Crippen LogP contribution in [0.4, 0.5) is 27.5 Å². The highest BCUT2D eigenvalue weighted by Gasteiger charge is 2.17. The van der Waals surface area contributed by atoms with E-state index in [4.69, 9.17) is 9.15 Å². The van der Waals surface area contributed by atoms with Crippen molar-refractivity contribution in [3.8, 4) is 11.3 Å². The lowest BCUT2D eigenvalue weighted by Gasteiger charge is -2.19. The van der Waals surface area contributed by atoms with Crippen molar-refractivity contribution in [2.75, 3.05) is 16.0 Å². The molecule has 0 fully saturated rings. The molecule has 43 heavy (non-hydrogen) atoms. The summed E-state index contributed by atoms with van der Waals surface area (Å²) in [6.45, 7) is 5.36. The van der Waals surface area contributed by atoms with Crippen LogP contribution in [-0.2, 0) is 4.74 Å². The van der Waals surface area contributed by atoms with Gasteiger partial charge in [-0.1, -0.05) is 36.4 Å². The number of anilines is 4. The highest BCUT2D eigenvalue weighted by Crippen LogP contribution is 2.35. The predicted molar refractivity (Wildman–Crippen MR) is 171 cm³/mol. The molecule has 214 valence electrons. The summed E-state index contributed by atoms with van der Waals surface area (Å²) in [5.41, 5.74) is 5.95. The summed E-state index contributed by atoms with van der Waals surface area (Å²) in [7, 11) is 0. The number of hydrogen-bond donors (Lipinski definition) is 3. The average Bonchev–Trinajstić information content (AvgIpc) is 3.36. The molecule has 3 N–H and O–H groups in total. The number of benzene rings is 4. The van der Waals surface area contributed by atoms with E-state index in [1.165, 1.54) is 0 Å². The van der Waals surface area contributed by atoms with Crippen LogP contribution >= 0.6 is 0 Å². The summed E-state index contributed by atoms with van der Waals surface area (Å²) in [4.78, 5) is 29.6. The third-order valence-electron chi connectivity index (χ3n) is 6.64. The van der Waals surface area contributed by atoms with E-state index < -0.39 is 11.7 Å². The molecule has 4 aromatic carbocycles. The molecule has 0 unspecified atom stereocenters. The zero-order valence-electron chi connectivity index (χ0n) is 24.0. The van der Waals surface area contributed by atoms with Gasteiger partial charge < -0.3 is 19.8 Å². The predicted octanol–water partition coefficient (Wildman–Crippen LogP) is 8.99. The van der Waals surface area contributed by atoms with Gasteiger partial charge in [0.2, 0.25) is 0 Å². The molecule has 0 saturated carbocycles. The molecule has 0 saturated heterocycles. The number of nitrogens with zero attached hydrogens (tertiary/aromatic N) is 1. The van der Waals surface area contributed by atoms with E-state index in [1.54, 1.807) is 51.2 Å². The molecule has 8 nitrogen and oxygen atoms in total. The normalized spacial score (nSPS) is 11.3. The second-order valence-electron chi connectivity index (χ2n) is 11.1. The number of carbonyl (C=O) groups excluding carboxylic acids is 2. The summed E-state index contributed by atoms with van der Waals surface area (Å²) in [6, 6.07) is 32.1. The number of ether oxygens (including phenoxy) is 1. The molecule has 0 aliphatic heterocycles. The number of pyridine rings is 1. The van der Waals surface area contributed by atoms with Gasteiger partial charge >= 0.3 is 6.09 Å². The van der Waals surface area contributed by atoms with Gasteiger partial charge in [-0.05, 0) is 87.5 Å². The smallest absolute Gasteiger partial charge is 0.412 e. The van der Waals surface area contributed by atoms with Crippen LogP contribution in [0.1, 0.15) is 31.1 Å². The Morgan fingerprint density at radius 3 is 2.28 bits per heavy atom. The fraction of sp³-hybridized carbons (Fsp3) is 0.114. The Bertz CT molecular complexity index is 1960. The van der Waals surface area contributed by atoms with Crippen molar-refractivity contribution in [1.82, 2.24) is 4.98 Å². The monoisotopic (exact) mass is 570 g/mol. The van der Waals surface area contributed by atoms with Gasteiger partial charge in [0.1, 0.15) is 16.8 Å². The first-order chi connectivity index (χ1) is 20.7. The van der Waals surface area contributed by atoms with Crippen LogP contribution in [0.5, 0.6) is 0 Å². The Kier molecular flexibility index (Phi) is 7.26. The molecule has 2 amide bonds. The lowest BCUT2D eigenvalue weighted by molar-refractivity contribution is 0.0635. The van der Waals surface area contributed by atoms with Crippen molar-refractivity contribution >= 4 is 56.7 Å². The first-order valence-electron chi connectivity index (χ1n) is 13.9. The number of carbonyl (C=O) groups is 2. The second-order valence-corrected chi connectivity index (χ2v) is 11.1. The van der Waals surface area contributed by atoms with Gasteiger partial charge in [-0.25, -0.2) is 4.79 Å². The molecule has 0 spiro atoms. The van der Waals surface area contributed by atoms with E-state index in [2.05, 4.69) is 33.1 Å². The first-order valence-corrected chi connectivity index (χ1v) is 13.9. The molecule has 0 bridgehead atoms. The molecular weight excluding hydrogens is 540 g/mol. The minimum atomic E-state index is -0.621. The molecule has 0 aliphatic carbocycles. The largest absolute Gasteiger partial charge is 0.455 e. The van der Waals surface area contributed by atoms with Gasteiger partial charge in [0, 0.05) is 50.8 Å². The van der Waals surface area contributed by atoms with Gasteiger partial charge in [0.05, 0.1) is 5.69 Å². The van der Waals surface area contributed by atoms with E-state index >= 15 is 0 Å². The third-order valence-corrected chi connectivity index (χ3v) is 6.64. The maximum absolute atomic E-state index is 12.9. The fourth-order valence-electron chi connectivity index (χ4n) is 4.77. The van der Waals surface area contributed by atoms with Crippen molar-refractivity contribution in [2.45, 2.75) is 26.4 Å². The Labute approximate surface area is 248 Å². The number of hydrogen-bond acceptors (Lipinski definition) is 6. The maximum atomic E-state index is 12.9. The Hall–Kier alpha value is -5.63. The zero-order chi connectivity index (χ0) is 30.0. The van der Waals surface area contributed by atoms with Crippen LogP contribution < -0.4 is 16.0 Å². The summed E-state index contributed by atoms with van der Waals surface area (Å²) in [5.74, 6) is -0.299. The quantitative estimate of drug-likeness (QED) is 0.185. The van der Waals surface area contributed by atoms with Crippen molar-refractivity contribution in [1.29, 1.82) is 0 Å². The van der Waals surface area contributed by atoms with Crippen LogP contribution in [0.25, 0.3) is 33.2 Å². The fourth-order valence-corrected chi connectivity index (χ4v) is 4.77. The minimum absolute atomic E-state index is 0.299. The van der Waals surface area contributed by atoms with Crippen molar-refractivity contribution in [3.63, 3.8) is 0 Å². The number of para-hydroxylation sites is 2. The van der Waals surface area contributed by atoms with Crippen LogP contribution in [0.3, 0.4) is 0 Å². The molecule has 6 rings (SSSR count). The van der Waals surface area contributed by atoms with Crippen LogP contribution in [0.2, 0.25) is 0 Å². The standard InChI is InChI=1S/C35H30N4O4/c1-35(2,3)43-34(41)39-25-9-6-8-22(20-25)33(40)38-24-16-14-23(15-17-24)37-26-18-19-36-30(21-26)29-12-7-11-28-27-10-4-5-13-31(27)42-32(28)29/h4-21H,1-3H3,(H,36,37)(H,38,40)(H,39,41). The molecule has 6 aromatic rings. The van der Waals surface area contributed by atoms with Gasteiger partial charge in [0.25, 0.3) is 5.91 Å². The molecule has 2 heterocycles. The van der Waals surface area contributed by atoms with Crippen LogP contribution in [0.15, 0.2) is 114 Å². The third kappa shape index (κ3) is 6.33. The maximum Gasteiger partial charge on any atom is 0.412 e. The minimum Gasteiger partial charge on any atom is -0.455 e. The van der Waals surface area contributed by atoms with E-state index in [1.807, 2.05) is 66.7 Å². The molecule has 0 atom stereocenters. The van der Waals surface area contributed by atoms with Crippen molar-refractivity contribution in [2.24, 2.45) is 0 Å². The Balaban J connectivity index is 1.13. The lowest BCUT2D eigenvalue weighted by Crippen LogP contribution is -2.27. The average molecular weight is 571 g/mol. The van der Waals surface area contributed by atoms with E-state index in [-0.39, 0.29) is 5.91 Å². The van der Waals surface area contributed by atoms with Crippen LogP contribution in [-0.4, -0.2) is 22.6 Å². The molecule has 2 aromatic heterocycles. The number of aromatic nitrogens is 1. The zero-order valence-corrected chi connectivity index (χ0v) is 24.0. The van der Waals surface area contributed by atoms with E-state index in [0.29, 0.717) is 16.9 Å². The van der Waals surface area contributed by atoms with Gasteiger partial charge in [-0.3, -0.25) is 15.1 Å². The Morgan fingerprint density at radius 2 is 1.47 bits per heavy atom. The topological polar surface area (TPSA) is 105 Å². The lowest BCUT2D eigenvalue weighted by atomic mass is 10.1. The summed E-state index contributed by atoms with van der Waals surface area (Å²) in [6.07, 6.45) is 1.18. The number of furan rings is 1. The summed E-state index contributed by atoms with van der Waals surface area (Å²) < 4.78 is 11.5. The van der Waals surface area contributed by atoms with Crippen molar-refractivity contribution < 1.29 is 18.7 Å². The highest BCUT2D eigenvalue weighted by atomic mass is 16.6. The Morgan fingerprint density at radius 1 is 0.721 bits per heavy atom. The molecule has 8 heteroatoms. The van der Waals surface area contributed by atoms with Crippen molar-refractivity contribution in [3.05, 3.63) is 115 Å². The van der Waals surface area contributed by atoms with Crippen LogP contribution in [0, 0.1) is 0 Å². The van der Waals surface area contributed by atoms with Gasteiger partial charge in [0.15, 0.2) is 0 Å². The number of rotatable bonds is 6. The SMILES string of the molecule is CC(C)(C)OC(=O)Nc1cccc(C(=O)Nc2ccc(Nc3ccnc(-c4cccc5c4oc4ccccc45)c3)cc2)c1. The first kappa shape index (κ1) is 27.5. The summed E-state index contributed by atoms with van der Waals surface area (Å²) in [5, 5.41) is 11.1. The van der Waals surface area contributed by atoms with E-state index in [9.17, 15) is 9.59 Å². The molecule has 0 radical (unpaired) electrons. The second kappa shape index (κ2) is 11.3. The number of amides is 2. The van der Waals surface area contributed by atoms with E-state index in [0.717, 1.165) is 44.6 Å². The number of fused-ring (bicyclic) bond motifs is 3. The molecule has 0 aliphatic rings. The van der Waals surface area contributed by atoms with Gasteiger partial charge in [-0.15, -0.1) is 0 Å². The highest BCUT2D eigenvalue weighted by molar-refractivity contribution is 6.09. The number of nitrogens with one attached hydrogen (secondary N) is 3. The summed E-state index contributed by atoms with van der Waals surface area (Å²) >= 11 is 0. The van der Waals surface area contributed by atoms with Gasteiger partial charge in [-0.2, -0.15) is 0 Å². The molecular formula is C35H30N4O4.